The fraction of sp³-hybridized carbons (Fsp3) is 0.250. The molecule has 0 N–H and O–H groups in total. The van der Waals surface area contributed by atoms with Gasteiger partial charge in [-0.2, -0.15) is 11.5 Å². The largest absolute Gasteiger partial charge is 4.00 e. The van der Waals surface area contributed by atoms with Crippen LogP contribution in [0, 0.1) is 0 Å². The number of benzene rings is 1. The summed E-state index contributed by atoms with van der Waals surface area (Å²) < 4.78 is 0. The molecule has 0 aliphatic carbocycles. The predicted molar refractivity (Wildman–Crippen MR) is 62.5 cm³/mol. The Morgan fingerprint density at radius 1 is 0.889 bits per heavy atom. The summed E-state index contributed by atoms with van der Waals surface area (Å²) >= 11 is 0. The molecule has 1 radical (unpaired) electrons. The van der Waals surface area contributed by atoms with Crippen LogP contribution in [0.15, 0.2) is 36.4 Å². The molecule has 0 aliphatic rings. The maximum absolute atomic E-state index is 2.39. The van der Waals surface area contributed by atoms with Crippen molar-refractivity contribution in [1.82, 2.24) is 0 Å². The van der Waals surface area contributed by atoms with Crippen molar-refractivity contribution in [3.05, 3.63) is 36.4 Å². The Kier molecular flexibility index (Phi) is 16.0. The molecular weight excluding hydrogens is 365 g/mol. The maximum atomic E-state index is 2.39. The van der Waals surface area contributed by atoms with Crippen LogP contribution in [-0.2, 0) is 18.6 Å². The van der Waals surface area contributed by atoms with Gasteiger partial charge < -0.3 is 49.6 Å². The molecular formula is C12H15Cl4SiV-. The van der Waals surface area contributed by atoms with Crippen LogP contribution in [0.2, 0.25) is 19.6 Å². The van der Waals surface area contributed by atoms with E-state index in [1.807, 2.05) is 0 Å². The molecule has 0 aromatic heterocycles. The van der Waals surface area contributed by atoms with Crippen LogP contribution in [0.1, 0.15) is 0 Å². The third kappa shape index (κ3) is 6.29. The Bertz CT molecular complexity index is 404. The van der Waals surface area contributed by atoms with Crippen molar-refractivity contribution in [1.29, 1.82) is 0 Å². The molecule has 2 aromatic carbocycles. The zero-order chi connectivity index (χ0) is 9.47. The quantitative estimate of drug-likeness (QED) is 0.341. The van der Waals surface area contributed by atoms with Gasteiger partial charge in [0.2, 0.25) is 0 Å². The monoisotopic (exact) mass is 378 g/mol. The van der Waals surface area contributed by atoms with Gasteiger partial charge in [0.1, 0.15) is 0 Å². The van der Waals surface area contributed by atoms with Crippen molar-refractivity contribution >= 4 is 24.0 Å². The van der Waals surface area contributed by atoms with Gasteiger partial charge in [-0.15, -0.1) is 34.8 Å². The zero-order valence-electron chi connectivity index (χ0n) is 10.4. The van der Waals surface area contributed by atoms with Crippen LogP contribution < -0.4 is 54.8 Å². The number of fused-ring (bicyclic) bond motifs is 1. The summed E-state index contributed by atoms with van der Waals surface area (Å²) in [6.07, 6.45) is 0. The van der Waals surface area contributed by atoms with Crippen LogP contribution in [0.4, 0.5) is 0 Å². The first-order valence-electron chi connectivity index (χ1n) is 4.73. The number of rotatable bonds is 1. The molecule has 6 heteroatoms. The molecule has 0 amide bonds. The minimum Gasteiger partial charge on any atom is -1.00 e. The second-order valence-corrected chi connectivity index (χ2v) is 9.70. The van der Waals surface area contributed by atoms with E-state index >= 15 is 0 Å². The van der Waals surface area contributed by atoms with Crippen LogP contribution in [0.3, 0.4) is 0 Å². The molecule has 0 nitrogen and oxygen atoms in total. The number of hydrogen-bond acceptors (Lipinski definition) is 0. The molecule has 2 rings (SSSR count). The summed E-state index contributed by atoms with van der Waals surface area (Å²) in [6.45, 7) is 7.17. The number of hydrogen-bond donors (Lipinski definition) is 0. The van der Waals surface area contributed by atoms with Crippen LogP contribution in [0.25, 0.3) is 10.8 Å². The van der Waals surface area contributed by atoms with Crippen LogP contribution in [-0.4, -0.2) is 8.07 Å². The van der Waals surface area contributed by atoms with Crippen molar-refractivity contribution in [2.75, 3.05) is 0 Å². The van der Waals surface area contributed by atoms with E-state index in [9.17, 15) is 0 Å². The molecule has 18 heavy (non-hydrogen) atoms. The smallest absolute Gasteiger partial charge is 1.00 e. The first-order valence-corrected chi connectivity index (χ1v) is 8.23. The minimum atomic E-state index is -1.12. The van der Waals surface area contributed by atoms with Crippen molar-refractivity contribution in [3.63, 3.8) is 0 Å². The Labute approximate surface area is 147 Å². The van der Waals surface area contributed by atoms with Crippen LogP contribution >= 0.6 is 0 Å². The van der Waals surface area contributed by atoms with E-state index in [1.165, 1.54) is 10.8 Å². The first kappa shape index (κ1) is 27.2. The number of halogens is 4. The molecule has 0 aliphatic heterocycles. The molecule has 0 fully saturated rings. The van der Waals surface area contributed by atoms with E-state index in [-0.39, 0.29) is 68.2 Å². The third-order valence-corrected chi connectivity index (χ3v) is 4.50. The van der Waals surface area contributed by atoms with Gasteiger partial charge in [0.15, 0.2) is 0 Å². The van der Waals surface area contributed by atoms with Crippen molar-refractivity contribution < 1.29 is 68.2 Å². The molecule has 0 saturated carbocycles. The van der Waals surface area contributed by atoms with Gasteiger partial charge in [-0.3, -0.25) is 0 Å². The maximum Gasteiger partial charge on any atom is 4.00 e. The van der Waals surface area contributed by atoms with Gasteiger partial charge in [0, 0.05) is 0 Å². The van der Waals surface area contributed by atoms with Crippen molar-refractivity contribution in [2.45, 2.75) is 19.6 Å². The van der Waals surface area contributed by atoms with E-state index in [0.717, 1.165) is 0 Å². The standard InChI is InChI=1S/C12H15Si.4ClH.V/c1-13(2,3)12-8-10-6-4-5-7-11(10)9-12;;;;;/h4-9H,1-3H3;4*1H;/q-1;;;;;+4/p-4. The molecule has 0 spiro atoms. The van der Waals surface area contributed by atoms with Crippen molar-refractivity contribution in [2.24, 2.45) is 0 Å². The predicted octanol–water partition coefficient (Wildman–Crippen LogP) is -8.88. The van der Waals surface area contributed by atoms with Gasteiger partial charge in [-0.05, 0) is 0 Å². The molecule has 0 heterocycles. The topological polar surface area (TPSA) is 0 Å². The third-order valence-electron chi connectivity index (χ3n) is 2.48. The summed E-state index contributed by atoms with van der Waals surface area (Å²) in [5, 5.41) is 4.34. The average molecular weight is 380 g/mol. The fourth-order valence-electron chi connectivity index (χ4n) is 1.58. The van der Waals surface area contributed by atoms with Crippen molar-refractivity contribution in [3.8, 4) is 0 Å². The minimum absolute atomic E-state index is 0. The molecule has 0 unspecified atom stereocenters. The summed E-state index contributed by atoms with van der Waals surface area (Å²) in [6, 6.07) is 13.3. The van der Waals surface area contributed by atoms with Gasteiger partial charge in [0.05, 0.1) is 8.07 Å². The first-order chi connectivity index (χ1) is 6.07. The van der Waals surface area contributed by atoms with E-state index < -0.39 is 8.07 Å². The van der Waals surface area contributed by atoms with Gasteiger partial charge >= 0.3 is 18.6 Å². The Morgan fingerprint density at radius 2 is 1.39 bits per heavy atom. The average Bonchev–Trinajstić information content (AvgIpc) is 2.45. The molecule has 101 valence electrons. The molecule has 0 atom stereocenters. The molecule has 0 bridgehead atoms. The second kappa shape index (κ2) is 10.6. The van der Waals surface area contributed by atoms with E-state index in [1.54, 1.807) is 5.19 Å². The van der Waals surface area contributed by atoms with Gasteiger partial charge in [-0.25, -0.2) is 0 Å². The summed E-state index contributed by atoms with van der Waals surface area (Å²) in [5.74, 6) is 0. The molecule has 0 saturated heterocycles. The Morgan fingerprint density at radius 3 is 1.83 bits per heavy atom. The summed E-state index contributed by atoms with van der Waals surface area (Å²) in [5.41, 5.74) is 0. The van der Waals surface area contributed by atoms with Gasteiger partial charge in [0.25, 0.3) is 0 Å². The van der Waals surface area contributed by atoms with Crippen LogP contribution in [0.5, 0.6) is 0 Å². The van der Waals surface area contributed by atoms with E-state index in [2.05, 4.69) is 56.0 Å². The van der Waals surface area contributed by atoms with E-state index in [0.29, 0.717) is 0 Å². The molecule has 2 aromatic rings. The SMILES string of the molecule is C[Si](C)(C)c1cc2ccccc2[cH-]1.[Cl-].[Cl-].[Cl-].[Cl-].[V+4]. The Balaban J connectivity index is -0.000000196. The van der Waals surface area contributed by atoms with Gasteiger partial charge in [-0.1, -0.05) is 25.7 Å². The second-order valence-electron chi connectivity index (χ2n) is 4.62. The summed E-state index contributed by atoms with van der Waals surface area (Å²) in [4.78, 5) is 0. The summed E-state index contributed by atoms with van der Waals surface area (Å²) in [7, 11) is -1.12. The van der Waals surface area contributed by atoms with E-state index in [4.69, 9.17) is 0 Å². The zero-order valence-corrected chi connectivity index (χ0v) is 15.8. The Hall–Kier alpha value is 0.791. The fourth-order valence-corrected chi connectivity index (χ4v) is 2.76. The normalized spacial score (nSPS) is 8.83.